The minimum absolute atomic E-state index is 1.01. The molecule has 0 aliphatic rings. The quantitative estimate of drug-likeness (QED) is 0.432. The van der Waals surface area contributed by atoms with Gasteiger partial charge in [-0.25, -0.2) is 0 Å². The molecule has 0 saturated carbocycles. The van der Waals surface area contributed by atoms with Gasteiger partial charge < -0.3 is 0 Å². The predicted octanol–water partition coefficient (Wildman–Crippen LogP) is 2.77. The minimum atomic E-state index is 1.01. The molecule has 0 N–H and O–H groups in total. The molecule has 0 aromatic rings. The van der Waals surface area contributed by atoms with Gasteiger partial charge in [0.15, 0.2) is 0 Å². The molecule has 60 valence electrons. The zero-order valence-corrected chi connectivity index (χ0v) is 7.46. The minimum Gasteiger partial charge on any atom is -0.293 e. The van der Waals surface area contributed by atoms with Gasteiger partial charge in [-0.15, -0.1) is 0 Å². The molecule has 0 unspecified atom stereocenters. The molecule has 11 heavy (non-hydrogen) atoms. The van der Waals surface area contributed by atoms with E-state index in [0.717, 1.165) is 11.3 Å². The van der Waals surface area contributed by atoms with Gasteiger partial charge in [-0.1, -0.05) is 30.9 Å². The Labute approximate surface area is 68.9 Å². The van der Waals surface area contributed by atoms with Crippen LogP contribution in [0.4, 0.5) is 0 Å². The van der Waals surface area contributed by atoms with Gasteiger partial charge in [-0.05, 0) is 19.4 Å². The molecule has 0 atom stereocenters. The van der Waals surface area contributed by atoms with Gasteiger partial charge in [0.2, 0.25) is 0 Å². The van der Waals surface area contributed by atoms with Crippen LogP contribution < -0.4 is 0 Å². The largest absolute Gasteiger partial charge is 0.293 e. The first-order chi connectivity index (χ1) is 5.26. The Bertz CT molecular complexity index is 207. The van der Waals surface area contributed by atoms with Gasteiger partial charge in [-0.2, -0.15) is 0 Å². The molecule has 0 aromatic heterocycles. The Morgan fingerprint density at radius 1 is 1.45 bits per heavy atom. The fourth-order valence-electron chi connectivity index (χ4n) is 0.665. The third kappa shape index (κ3) is 3.56. The fourth-order valence-corrected chi connectivity index (χ4v) is 0.665. The molecule has 0 radical (unpaired) electrons. The molecule has 0 bridgehead atoms. The summed E-state index contributed by atoms with van der Waals surface area (Å²) < 4.78 is 0. The predicted molar refractivity (Wildman–Crippen MR) is 52.1 cm³/mol. The lowest BCUT2D eigenvalue weighted by Crippen LogP contribution is -1.92. The summed E-state index contributed by atoms with van der Waals surface area (Å²) in [6, 6.07) is 0. The van der Waals surface area contributed by atoms with Crippen molar-refractivity contribution >= 4 is 5.71 Å². The van der Waals surface area contributed by atoms with E-state index in [1.165, 1.54) is 0 Å². The Balaban J connectivity index is 4.52. The third-order valence-corrected chi connectivity index (χ3v) is 1.44. The molecule has 0 aromatic carbocycles. The van der Waals surface area contributed by atoms with E-state index in [1.54, 1.807) is 7.05 Å². The Kier molecular flexibility index (Phi) is 5.09. The van der Waals surface area contributed by atoms with Gasteiger partial charge in [0, 0.05) is 12.8 Å². The standard InChI is InChI=1S/C10H15N/c1-5-7-8-10(6-2)9(3)11-4/h5-8H,2H2,1,3-4H3/b7-5-,10-8+,11-9?. The summed E-state index contributed by atoms with van der Waals surface area (Å²) in [4.78, 5) is 4.06. The van der Waals surface area contributed by atoms with Crippen molar-refractivity contribution in [3.63, 3.8) is 0 Å². The molecule has 0 amide bonds. The second-order valence-electron chi connectivity index (χ2n) is 2.16. The van der Waals surface area contributed by atoms with Gasteiger partial charge in [0.05, 0.1) is 0 Å². The highest BCUT2D eigenvalue weighted by Gasteiger charge is 1.91. The van der Waals surface area contributed by atoms with Gasteiger partial charge in [-0.3, -0.25) is 4.99 Å². The number of rotatable bonds is 3. The van der Waals surface area contributed by atoms with Crippen LogP contribution in [0.25, 0.3) is 0 Å². The first-order valence-corrected chi connectivity index (χ1v) is 3.65. The maximum atomic E-state index is 4.06. The highest BCUT2D eigenvalue weighted by atomic mass is 14.7. The summed E-state index contributed by atoms with van der Waals surface area (Å²) in [6.07, 6.45) is 7.76. The van der Waals surface area contributed by atoms with Crippen LogP contribution in [-0.2, 0) is 0 Å². The van der Waals surface area contributed by atoms with E-state index < -0.39 is 0 Å². The summed E-state index contributed by atoms with van der Waals surface area (Å²) in [6.45, 7) is 7.65. The Morgan fingerprint density at radius 3 is 2.45 bits per heavy atom. The van der Waals surface area contributed by atoms with Crippen molar-refractivity contribution in [3.05, 3.63) is 36.5 Å². The molecule has 0 heterocycles. The van der Waals surface area contributed by atoms with Crippen molar-refractivity contribution in [1.82, 2.24) is 0 Å². The van der Waals surface area contributed by atoms with Crippen LogP contribution in [0.1, 0.15) is 13.8 Å². The lowest BCUT2D eigenvalue weighted by atomic mass is 10.1. The van der Waals surface area contributed by atoms with Gasteiger partial charge in [0.25, 0.3) is 0 Å². The van der Waals surface area contributed by atoms with Crippen LogP contribution in [0.3, 0.4) is 0 Å². The monoisotopic (exact) mass is 149 g/mol. The van der Waals surface area contributed by atoms with E-state index in [2.05, 4.69) is 11.6 Å². The topological polar surface area (TPSA) is 12.4 Å². The molecule has 0 aliphatic carbocycles. The van der Waals surface area contributed by atoms with E-state index in [9.17, 15) is 0 Å². The van der Waals surface area contributed by atoms with E-state index in [0.29, 0.717) is 0 Å². The molecule has 0 rings (SSSR count). The zero-order valence-electron chi connectivity index (χ0n) is 7.46. The van der Waals surface area contributed by atoms with Gasteiger partial charge in [0.1, 0.15) is 0 Å². The SMILES string of the molecule is C=C/C(=C\C=C/C)C(C)=NC. The number of allylic oxidation sites excluding steroid dienone is 5. The van der Waals surface area contributed by atoms with Gasteiger partial charge >= 0.3 is 0 Å². The van der Waals surface area contributed by atoms with Crippen molar-refractivity contribution in [2.24, 2.45) is 4.99 Å². The average molecular weight is 149 g/mol. The lowest BCUT2D eigenvalue weighted by Gasteiger charge is -1.96. The van der Waals surface area contributed by atoms with E-state index >= 15 is 0 Å². The highest BCUT2D eigenvalue weighted by molar-refractivity contribution is 6.00. The van der Waals surface area contributed by atoms with Crippen LogP contribution in [-0.4, -0.2) is 12.8 Å². The van der Waals surface area contributed by atoms with E-state index in [1.807, 2.05) is 38.2 Å². The van der Waals surface area contributed by atoms with Crippen molar-refractivity contribution in [2.75, 3.05) is 7.05 Å². The number of hydrogen-bond donors (Lipinski definition) is 0. The Hall–Kier alpha value is -1.11. The zero-order chi connectivity index (χ0) is 8.69. The fraction of sp³-hybridized carbons (Fsp3) is 0.300. The van der Waals surface area contributed by atoms with Crippen LogP contribution in [0.15, 0.2) is 41.4 Å². The average Bonchev–Trinajstić information content (AvgIpc) is 2.05. The molecule has 0 saturated heterocycles. The van der Waals surface area contributed by atoms with Crippen molar-refractivity contribution in [1.29, 1.82) is 0 Å². The lowest BCUT2D eigenvalue weighted by molar-refractivity contribution is 1.41. The second-order valence-corrected chi connectivity index (χ2v) is 2.16. The van der Waals surface area contributed by atoms with Crippen molar-refractivity contribution in [3.8, 4) is 0 Å². The van der Waals surface area contributed by atoms with Crippen molar-refractivity contribution < 1.29 is 0 Å². The smallest absolute Gasteiger partial charge is 0.0385 e. The molecular formula is C10H15N. The molecule has 0 spiro atoms. The second kappa shape index (κ2) is 5.66. The third-order valence-electron chi connectivity index (χ3n) is 1.44. The van der Waals surface area contributed by atoms with Crippen molar-refractivity contribution in [2.45, 2.75) is 13.8 Å². The van der Waals surface area contributed by atoms with Crippen LogP contribution in [0.5, 0.6) is 0 Å². The maximum absolute atomic E-state index is 4.06. The molecular weight excluding hydrogens is 134 g/mol. The molecule has 1 nitrogen and oxygen atoms in total. The number of aliphatic imine (C=N–C) groups is 1. The van der Waals surface area contributed by atoms with E-state index in [4.69, 9.17) is 0 Å². The van der Waals surface area contributed by atoms with E-state index in [-0.39, 0.29) is 0 Å². The summed E-state index contributed by atoms with van der Waals surface area (Å²) in [7, 11) is 1.78. The summed E-state index contributed by atoms with van der Waals surface area (Å²) in [5, 5.41) is 0. The normalized spacial score (nSPS) is 14.1. The summed E-state index contributed by atoms with van der Waals surface area (Å²) in [5.41, 5.74) is 2.09. The van der Waals surface area contributed by atoms with Crippen LogP contribution in [0, 0.1) is 0 Å². The molecule has 0 aliphatic heterocycles. The number of nitrogens with zero attached hydrogens (tertiary/aromatic N) is 1. The number of hydrogen-bond acceptors (Lipinski definition) is 1. The maximum Gasteiger partial charge on any atom is 0.0385 e. The first-order valence-electron chi connectivity index (χ1n) is 3.65. The summed E-state index contributed by atoms with van der Waals surface area (Å²) in [5.74, 6) is 0. The summed E-state index contributed by atoms with van der Waals surface area (Å²) >= 11 is 0. The first kappa shape index (κ1) is 9.89. The van der Waals surface area contributed by atoms with Crippen LogP contribution >= 0.6 is 0 Å². The molecule has 1 heteroatoms. The highest BCUT2D eigenvalue weighted by Crippen LogP contribution is 1.99. The molecule has 0 fully saturated rings. The Morgan fingerprint density at radius 2 is 2.09 bits per heavy atom. The van der Waals surface area contributed by atoms with Crippen LogP contribution in [0.2, 0.25) is 0 Å².